The molecule has 1 aliphatic heterocycles. The molecule has 4 unspecified atom stereocenters. The van der Waals surface area contributed by atoms with Crippen LogP contribution >= 0.6 is 0 Å². The average Bonchev–Trinajstić information content (AvgIpc) is 3.16. The SMILES string of the molecule is CCN1C[C@]2(C)CC[C@H](O)[C@@]34C5C[C@H]6C(OC)C5[C@](O)(C[C@@H]6OC)[C@@H](CC23)[C@@H]14. The van der Waals surface area contributed by atoms with E-state index in [2.05, 4.69) is 18.7 Å². The van der Waals surface area contributed by atoms with Crippen LogP contribution in [0.1, 0.15) is 46.0 Å². The smallest absolute Gasteiger partial charge is 0.0771 e. The van der Waals surface area contributed by atoms with E-state index in [0.29, 0.717) is 23.8 Å². The summed E-state index contributed by atoms with van der Waals surface area (Å²) >= 11 is 0. The van der Waals surface area contributed by atoms with Gasteiger partial charge in [0, 0.05) is 56.4 Å². The van der Waals surface area contributed by atoms with Crippen LogP contribution in [0.4, 0.5) is 0 Å². The maximum absolute atomic E-state index is 12.4. The van der Waals surface area contributed by atoms with Gasteiger partial charge in [0.2, 0.25) is 0 Å². The van der Waals surface area contributed by atoms with Crippen LogP contribution in [0.2, 0.25) is 0 Å². The number of aliphatic hydroxyl groups is 2. The fourth-order valence-corrected chi connectivity index (χ4v) is 10.4. The van der Waals surface area contributed by atoms with Gasteiger partial charge in [-0.2, -0.15) is 0 Å². The molecule has 1 spiro atoms. The van der Waals surface area contributed by atoms with Crippen LogP contribution in [0, 0.1) is 40.4 Å². The second-order valence-electron chi connectivity index (χ2n) is 11.3. The predicted octanol–water partition coefficient (Wildman–Crippen LogP) is 1.90. The van der Waals surface area contributed by atoms with E-state index in [0.717, 1.165) is 45.2 Å². The van der Waals surface area contributed by atoms with E-state index < -0.39 is 5.60 Å². The molecule has 6 aliphatic rings. The van der Waals surface area contributed by atoms with Crippen LogP contribution in [0.25, 0.3) is 0 Å². The van der Waals surface area contributed by atoms with Crippen molar-refractivity contribution < 1.29 is 19.7 Å². The summed E-state index contributed by atoms with van der Waals surface area (Å²) in [6.07, 6.45) is 4.75. The van der Waals surface area contributed by atoms with Crippen molar-refractivity contribution in [3.05, 3.63) is 0 Å². The molecule has 1 heterocycles. The topological polar surface area (TPSA) is 62.2 Å². The van der Waals surface area contributed by atoms with E-state index in [9.17, 15) is 10.2 Å². The summed E-state index contributed by atoms with van der Waals surface area (Å²) in [5, 5.41) is 24.0. The summed E-state index contributed by atoms with van der Waals surface area (Å²) in [5.74, 6) is 1.58. The number of fused-ring (bicyclic) bond motifs is 2. The number of nitrogens with zero attached hydrogens (tertiary/aromatic N) is 1. The second kappa shape index (κ2) is 5.53. The van der Waals surface area contributed by atoms with Gasteiger partial charge >= 0.3 is 0 Å². The highest BCUT2D eigenvalue weighted by Crippen LogP contribution is 2.78. The summed E-state index contributed by atoms with van der Waals surface area (Å²) in [6.45, 7) is 6.88. The Labute approximate surface area is 168 Å². The van der Waals surface area contributed by atoms with Crippen molar-refractivity contribution in [2.75, 3.05) is 27.3 Å². The monoisotopic (exact) mass is 391 g/mol. The van der Waals surface area contributed by atoms with Crippen molar-refractivity contribution in [1.29, 1.82) is 0 Å². The average molecular weight is 392 g/mol. The normalized spacial score (nSPS) is 64.3. The van der Waals surface area contributed by atoms with Crippen molar-refractivity contribution in [3.8, 4) is 0 Å². The van der Waals surface area contributed by atoms with Crippen LogP contribution in [-0.2, 0) is 9.47 Å². The fraction of sp³-hybridized carbons (Fsp3) is 1.00. The molecule has 1 saturated heterocycles. The lowest BCUT2D eigenvalue weighted by atomic mass is 9.43. The quantitative estimate of drug-likeness (QED) is 0.770. The van der Waals surface area contributed by atoms with Crippen LogP contribution in [0.5, 0.6) is 0 Å². The molecule has 5 saturated carbocycles. The van der Waals surface area contributed by atoms with Crippen molar-refractivity contribution in [3.63, 3.8) is 0 Å². The number of aliphatic hydroxyl groups excluding tert-OH is 1. The molecule has 6 rings (SSSR count). The number of piperidine rings is 1. The number of hydrogen-bond acceptors (Lipinski definition) is 5. The molecular weight excluding hydrogens is 354 g/mol. The summed E-state index contributed by atoms with van der Waals surface area (Å²) in [6, 6.07) is 0.309. The summed E-state index contributed by atoms with van der Waals surface area (Å²) in [4.78, 5) is 2.65. The molecule has 0 aromatic rings. The first kappa shape index (κ1) is 18.6. The third kappa shape index (κ3) is 1.73. The Bertz CT molecular complexity index is 688. The van der Waals surface area contributed by atoms with E-state index in [4.69, 9.17) is 9.47 Å². The van der Waals surface area contributed by atoms with E-state index in [1.807, 2.05) is 7.11 Å². The highest BCUT2D eigenvalue weighted by atomic mass is 16.5. The van der Waals surface area contributed by atoms with Crippen molar-refractivity contribution in [2.45, 2.75) is 75.9 Å². The van der Waals surface area contributed by atoms with Gasteiger partial charge in [0.1, 0.15) is 0 Å². The lowest BCUT2D eigenvalue weighted by molar-refractivity contribution is -0.268. The number of hydrogen-bond donors (Lipinski definition) is 2. The molecule has 0 aromatic carbocycles. The first-order valence-electron chi connectivity index (χ1n) is 11.6. The van der Waals surface area contributed by atoms with E-state index >= 15 is 0 Å². The maximum atomic E-state index is 12.4. The minimum absolute atomic E-state index is 0.0580. The van der Waals surface area contributed by atoms with Crippen molar-refractivity contribution in [2.24, 2.45) is 40.4 Å². The summed E-state index contributed by atoms with van der Waals surface area (Å²) < 4.78 is 12.0. The van der Waals surface area contributed by atoms with Gasteiger partial charge in [0.25, 0.3) is 0 Å². The number of methoxy groups -OCH3 is 2. The van der Waals surface area contributed by atoms with Gasteiger partial charge in [-0.15, -0.1) is 0 Å². The Morgan fingerprint density at radius 1 is 1.14 bits per heavy atom. The lowest BCUT2D eigenvalue weighted by Crippen LogP contribution is -2.75. The van der Waals surface area contributed by atoms with Gasteiger partial charge in [-0.05, 0) is 49.5 Å². The van der Waals surface area contributed by atoms with E-state index in [1.54, 1.807) is 7.11 Å². The highest BCUT2D eigenvalue weighted by Gasteiger charge is 2.83. The minimum Gasteiger partial charge on any atom is -0.392 e. The zero-order valence-corrected chi connectivity index (χ0v) is 17.8. The highest BCUT2D eigenvalue weighted by molar-refractivity contribution is 5.32. The minimum atomic E-state index is -0.731. The van der Waals surface area contributed by atoms with Crippen LogP contribution in [0.15, 0.2) is 0 Å². The Hall–Kier alpha value is -0.200. The first-order valence-corrected chi connectivity index (χ1v) is 11.6. The third-order valence-electron chi connectivity index (χ3n) is 10.9. The van der Waals surface area contributed by atoms with Crippen molar-refractivity contribution in [1.82, 2.24) is 4.90 Å². The molecule has 2 N–H and O–H groups in total. The Morgan fingerprint density at radius 2 is 1.93 bits per heavy atom. The van der Waals surface area contributed by atoms with Gasteiger partial charge in [0.15, 0.2) is 0 Å². The molecule has 5 aliphatic carbocycles. The zero-order chi connectivity index (χ0) is 19.6. The van der Waals surface area contributed by atoms with Gasteiger partial charge < -0.3 is 19.7 Å². The third-order valence-corrected chi connectivity index (χ3v) is 10.9. The number of rotatable bonds is 3. The van der Waals surface area contributed by atoms with Gasteiger partial charge in [-0.3, -0.25) is 4.90 Å². The Balaban J connectivity index is 1.59. The number of ether oxygens (including phenoxy) is 2. The van der Waals surface area contributed by atoms with Crippen LogP contribution < -0.4 is 0 Å². The molecule has 0 radical (unpaired) electrons. The molecule has 28 heavy (non-hydrogen) atoms. The zero-order valence-electron chi connectivity index (χ0n) is 17.8. The van der Waals surface area contributed by atoms with Gasteiger partial charge in [0.05, 0.1) is 23.9 Å². The lowest BCUT2D eigenvalue weighted by Gasteiger charge is -2.68. The molecule has 5 heteroatoms. The van der Waals surface area contributed by atoms with Crippen LogP contribution in [0.3, 0.4) is 0 Å². The molecule has 0 amide bonds. The van der Waals surface area contributed by atoms with Crippen molar-refractivity contribution >= 4 is 0 Å². The molecule has 5 nitrogen and oxygen atoms in total. The van der Waals surface area contributed by atoms with Gasteiger partial charge in [-0.25, -0.2) is 0 Å². The second-order valence-corrected chi connectivity index (χ2v) is 11.3. The Kier molecular flexibility index (Phi) is 3.67. The molecule has 7 bridgehead atoms. The standard InChI is InChI=1S/C23H37NO4/c1-5-24-11-21(2)7-6-17(25)23-13-8-12-15(27-3)10-22(26,18(13)19(12)28-4)14(20(23)24)9-16(21)23/h12-20,25-26H,5-11H2,1-4H3/t12-,13?,14+,15+,16?,17+,18?,19?,20-,21+,22+,23-/m1/s1. The van der Waals surface area contributed by atoms with Gasteiger partial charge in [-0.1, -0.05) is 13.8 Å². The maximum Gasteiger partial charge on any atom is 0.0771 e. The largest absolute Gasteiger partial charge is 0.392 e. The first-order chi connectivity index (χ1) is 13.4. The molecule has 6 fully saturated rings. The molecule has 158 valence electrons. The summed E-state index contributed by atoms with van der Waals surface area (Å²) in [7, 11) is 3.61. The summed E-state index contributed by atoms with van der Waals surface area (Å²) in [5.41, 5.74) is -0.543. The number of likely N-dealkylation sites (tertiary alicyclic amines) is 1. The van der Waals surface area contributed by atoms with Crippen LogP contribution in [-0.4, -0.2) is 72.4 Å². The molecule has 0 aromatic heterocycles. The Morgan fingerprint density at radius 3 is 2.61 bits per heavy atom. The fourth-order valence-electron chi connectivity index (χ4n) is 10.4. The molecule has 12 atom stereocenters. The van der Waals surface area contributed by atoms with E-state index in [1.165, 1.54) is 0 Å². The predicted molar refractivity (Wildman–Crippen MR) is 105 cm³/mol. The van der Waals surface area contributed by atoms with E-state index in [-0.39, 0.29) is 41.0 Å². The molecular formula is C23H37NO4.